The highest BCUT2D eigenvalue weighted by molar-refractivity contribution is 5.76. The van der Waals surface area contributed by atoms with E-state index in [1.54, 1.807) is 6.20 Å². The maximum Gasteiger partial charge on any atom is 0.224 e. The SMILES string of the molecule is CCCC(CC(=O)N1CCCCC1)n1ccnc1. The molecule has 1 amide bonds. The van der Waals surface area contributed by atoms with Gasteiger partial charge < -0.3 is 9.47 Å². The number of rotatable bonds is 5. The molecule has 100 valence electrons. The van der Waals surface area contributed by atoms with Crippen LogP contribution in [0.3, 0.4) is 0 Å². The van der Waals surface area contributed by atoms with Crippen LogP contribution in [0.4, 0.5) is 0 Å². The maximum atomic E-state index is 12.3. The zero-order valence-electron chi connectivity index (χ0n) is 11.2. The summed E-state index contributed by atoms with van der Waals surface area (Å²) in [5.74, 6) is 0.307. The minimum atomic E-state index is 0.270. The van der Waals surface area contributed by atoms with E-state index in [0.29, 0.717) is 12.3 Å². The molecule has 1 atom stereocenters. The summed E-state index contributed by atoms with van der Waals surface area (Å²) >= 11 is 0. The summed E-state index contributed by atoms with van der Waals surface area (Å²) in [5, 5.41) is 0. The molecular weight excluding hydrogens is 226 g/mol. The third kappa shape index (κ3) is 3.34. The smallest absolute Gasteiger partial charge is 0.224 e. The van der Waals surface area contributed by atoms with E-state index in [9.17, 15) is 4.79 Å². The molecule has 1 fully saturated rings. The average Bonchev–Trinajstić information content (AvgIpc) is 2.93. The molecule has 0 aliphatic carbocycles. The van der Waals surface area contributed by atoms with E-state index in [1.807, 2.05) is 17.4 Å². The molecule has 1 aromatic rings. The predicted molar refractivity (Wildman–Crippen MR) is 71.2 cm³/mol. The maximum absolute atomic E-state index is 12.3. The summed E-state index contributed by atoms with van der Waals surface area (Å²) in [4.78, 5) is 18.4. The molecule has 1 unspecified atom stereocenters. The van der Waals surface area contributed by atoms with Gasteiger partial charge in [0.1, 0.15) is 0 Å². The molecule has 1 saturated heterocycles. The number of piperidine rings is 1. The van der Waals surface area contributed by atoms with Crippen LogP contribution in [-0.4, -0.2) is 33.4 Å². The van der Waals surface area contributed by atoms with Gasteiger partial charge in [-0.3, -0.25) is 4.79 Å². The molecule has 0 aromatic carbocycles. The quantitative estimate of drug-likeness (QED) is 0.804. The Morgan fingerprint density at radius 2 is 2.11 bits per heavy atom. The Hall–Kier alpha value is -1.32. The molecule has 1 aliphatic heterocycles. The van der Waals surface area contributed by atoms with Crippen molar-refractivity contribution in [3.63, 3.8) is 0 Å². The van der Waals surface area contributed by atoms with Gasteiger partial charge in [-0.1, -0.05) is 13.3 Å². The molecule has 18 heavy (non-hydrogen) atoms. The second kappa shape index (κ2) is 6.57. The van der Waals surface area contributed by atoms with E-state index in [4.69, 9.17) is 0 Å². The van der Waals surface area contributed by atoms with Gasteiger partial charge in [0.25, 0.3) is 0 Å². The molecule has 0 saturated carbocycles. The van der Waals surface area contributed by atoms with Crippen molar-refractivity contribution in [2.45, 2.75) is 51.5 Å². The highest BCUT2D eigenvalue weighted by Crippen LogP contribution is 2.20. The molecular formula is C14H23N3O. The van der Waals surface area contributed by atoms with Crippen LogP contribution in [0, 0.1) is 0 Å². The van der Waals surface area contributed by atoms with Crippen molar-refractivity contribution < 1.29 is 4.79 Å². The Morgan fingerprint density at radius 3 is 2.72 bits per heavy atom. The van der Waals surface area contributed by atoms with E-state index in [2.05, 4.69) is 16.5 Å². The predicted octanol–water partition coefficient (Wildman–Crippen LogP) is 2.63. The van der Waals surface area contributed by atoms with Crippen molar-refractivity contribution in [1.82, 2.24) is 14.5 Å². The lowest BCUT2D eigenvalue weighted by Crippen LogP contribution is -2.36. The minimum absolute atomic E-state index is 0.270. The number of carbonyl (C=O) groups is 1. The second-order valence-corrected chi connectivity index (χ2v) is 5.10. The monoisotopic (exact) mass is 249 g/mol. The van der Waals surface area contributed by atoms with E-state index in [0.717, 1.165) is 38.8 Å². The lowest BCUT2D eigenvalue weighted by molar-refractivity contribution is -0.133. The highest BCUT2D eigenvalue weighted by atomic mass is 16.2. The Kier molecular flexibility index (Phi) is 4.79. The van der Waals surface area contributed by atoms with Crippen LogP contribution in [0.25, 0.3) is 0 Å². The zero-order chi connectivity index (χ0) is 12.8. The normalized spacial score (nSPS) is 17.7. The van der Waals surface area contributed by atoms with Crippen LogP contribution >= 0.6 is 0 Å². The highest BCUT2D eigenvalue weighted by Gasteiger charge is 2.21. The molecule has 2 rings (SSSR count). The van der Waals surface area contributed by atoms with Crippen molar-refractivity contribution in [2.75, 3.05) is 13.1 Å². The minimum Gasteiger partial charge on any atom is -0.343 e. The van der Waals surface area contributed by atoms with Gasteiger partial charge in [-0.2, -0.15) is 0 Å². The first kappa shape index (κ1) is 13.1. The molecule has 1 aromatic heterocycles. The fourth-order valence-corrected chi connectivity index (χ4v) is 2.65. The van der Waals surface area contributed by atoms with Crippen LogP contribution in [0.15, 0.2) is 18.7 Å². The van der Waals surface area contributed by atoms with Gasteiger partial charge in [-0.15, -0.1) is 0 Å². The Morgan fingerprint density at radius 1 is 1.33 bits per heavy atom. The average molecular weight is 249 g/mol. The van der Waals surface area contributed by atoms with Crippen LogP contribution in [0.1, 0.15) is 51.5 Å². The van der Waals surface area contributed by atoms with Crippen LogP contribution in [-0.2, 0) is 4.79 Å². The number of likely N-dealkylation sites (tertiary alicyclic amines) is 1. The van der Waals surface area contributed by atoms with Crippen LogP contribution < -0.4 is 0 Å². The standard InChI is InChI=1S/C14H23N3O/c1-2-6-13(17-10-7-15-12-17)11-14(18)16-8-4-3-5-9-16/h7,10,12-13H,2-6,8-9,11H2,1H3. The van der Waals surface area contributed by atoms with Crippen molar-refractivity contribution in [3.8, 4) is 0 Å². The summed E-state index contributed by atoms with van der Waals surface area (Å²) < 4.78 is 2.07. The summed E-state index contributed by atoms with van der Waals surface area (Å²) in [7, 11) is 0. The third-order valence-corrected chi connectivity index (χ3v) is 3.69. The molecule has 2 heterocycles. The summed E-state index contributed by atoms with van der Waals surface area (Å²) in [6, 6.07) is 0.270. The number of amides is 1. The second-order valence-electron chi connectivity index (χ2n) is 5.10. The molecule has 0 N–H and O–H groups in total. The summed E-state index contributed by atoms with van der Waals surface area (Å²) in [6.45, 7) is 4.05. The molecule has 0 spiro atoms. The van der Waals surface area contributed by atoms with Gasteiger partial charge in [-0.05, 0) is 25.7 Å². The van der Waals surface area contributed by atoms with Crippen LogP contribution in [0.5, 0.6) is 0 Å². The molecule has 4 heteroatoms. The number of nitrogens with zero attached hydrogens (tertiary/aromatic N) is 3. The topological polar surface area (TPSA) is 38.1 Å². The molecule has 1 aliphatic rings. The molecule has 0 radical (unpaired) electrons. The van der Waals surface area contributed by atoms with Gasteiger partial charge >= 0.3 is 0 Å². The number of imidazole rings is 1. The van der Waals surface area contributed by atoms with Gasteiger partial charge in [0.15, 0.2) is 0 Å². The third-order valence-electron chi connectivity index (χ3n) is 3.69. The van der Waals surface area contributed by atoms with E-state index in [-0.39, 0.29) is 6.04 Å². The number of aromatic nitrogens is 2. The number of hydrogen-bond donors (Lipinski definition) is 0. The van der Waals surface area contributed by atoms with Crippen molar-refractivity contribution in [3.05, 3.63) is 18.7 Å². The van der Waals surface area contributed by atoms with Crippen molar-refractivity contribution in [2.24, 2.45) is 0 Å². The van der Waals surface area contributed by atoms with E-state index in [1.165, 1.54) is 6.42 Å². The van der Waals surface area contributed by atoms with E-state index < -0.39 is 0 Å². The first-order valence-corrected chi connectivity index (χ1v) is 7.06. The first-order chi connectivity index (χ1) is 8.81. The fourth-order valence-electron chi connectivity index (χ4n) is 2.65. The van der Waals surface area contributed by atoms with Crippen LogP contribution in [0.2, 0.25) is 0 Å². The molecule has 0 bridgehead atoms. The van der Waals surface area contributed by atoms with E-state index >= 15 is 0 Å². The first-order valence-electron chi connectivity index (χ1n) is 7.06. The lowest BCUT2D eigenvalue weighted by atomic mass is 10.1. The Bertz CT molecular complexity index is 355. The zero-order valence-corrected chi connectivity index (χ0v) is 11.2. The summed E-state index contributed by atoms with van der Waals surface area (Å²) in [6.07, 6.45) is 11.9. The van der Waals surface area contributed by atoms with Crippen molar-refractivity contribution in [1.29, 1.82) is 0 Å². The summed E-state index contributed by atoms with van der Waals surface area (Å²) in [5.41, 5.74) is 0. The van der Waals surface area contributed by atoms with Gasteiger partial charge in [-0.25, -0.2) is 4.98 Å². The van der Waals surface area contributed by atoms with Crippen molar-refractivity contribution >= 4 is 5.91 Å². The number of carbonyl (C=O) groups excluding carboxylic acids is 1. The Balaban J connectivity index is 1.93. The Labute approximate surface area is 109 Å². The fraction of sp³-hybridized carbons (Fsp3) is 0.714. The number of hydrogen-bond acceptors (Lipinski definition) is 2. The molecule has 4 nitrogen and oxygen atoms in total. The lowest BCUT2D eigenvalue weighted by Gasteiger charge is -2.28. The van der Waals surface area contributed by atoms with Gasteiger partial charge in [0, 0.05) is 37.9 Å². The van der Waals surface area contributed by atoms with Gasteiger partial charge in [0.05, 0.1) is 6.33 Å². The van der Waals surface area contributed by atoms with Gasteiger partial charge in [0.2, 0.25) is 5.91 Å². The largest absolute Gasteiger partial charge is 0.343 e.